The summed E-state index contributed by atoms with van der Waals surface area (Å²) in [4.78, 5) is 48.9. The normalized spacial score (nSPS) is 10.9. The number of nitrogens with zero attached hydrogens (tertiary/aromatic N) is 2. The van der Waals surface area contributed by atoms with Gasteiger partial charge in [-0.25, -0.2) is 0 Å². The summed E-state index contributed by atoms with van der Waals surface area (Å²) in [5, 5.41) is 13.6. The lowest BCUT2D eigenvalue weighted by molar-refractivity contribution is -0.384. The summed E-state index contributed by atoms with van der Waals surface area (Å²) in [5.41, 5.74) is 1.01. The first kappa shape index (κ1) is 24.3. The van der Waals surface area contributed by atoms with Crippen molar-refractivity contribution in [1.29, 1.82) is 0 Å². The van der Waals surface area contributed by atoms with Crippen LogP contribution in [0.1, 0.15) is 31.4 Å². The van der Waals surface area contributed by atoms with Gasteiger partial charge in [0.2, 0.25) is 5.91 Å². The minimum Gasteiger partial charge on any atom is -0.466 e. The number of ether oxygens (including phenoxy) is 1. The average Bonchev–Trinajstić information content (AvgIpc) is 2.76. The fraction of sp³-hybridized carbons (Fsp3) is 0.261. The maximum Gasteiger partial charge on any atom is 0.307 e. The highest BCUT2D eigenvalue weighted by Crippen LogP contribution is 2.17. The Morgan fingerprint density at radius 3 is 2.47 bits per heavy atom. The Hall–Kier alpha value is -4.01. The zero-order valence-corrected chi connectivity index (χ0v) is 17.9. The van der Waals surface area contributed by atoms with Gasteiger partial charge >= 0.3 is 5.97 Å². The number of carbonyl (C=O) groups is 3. The van der Waals surface area contributed by atoms with Crippen LogP contribution in [-0.4, -0.2) is 40.8 Å². The fourth-order valence-electron chi connectivity index (χ4n) is 2.92. The summed E-state index contributed by atoms with van der Waals surface area (Å²) in [6.45, 7) is 3.45. The van der Waals surface area contributed by atoms with Crippen molar-refractivity contribution in [2.45, 2.75) is 26.8 Å². The molecule has 0 saturated carbocycles. The van der Waals surface area contributed by atoms with E-state index in [1.165, 1.54) is 36.1 Å². The third-order valence-corrected chi connectivity index (χ3v) is 4.33. The molecule has 9 heteroatoms. The second-order valence-corrected chi connectivity index (χ2v) is 6.86. The van der Waals surface area contributed by atoms with Crippen molar-refractivity contribution in [2.24, 2.45) is 0 Å². The molecule has 2 rings (SSSR count). The van der Waals surface area contributed by atoms with E-state index in [9.17, 15) is 24.5 Å². The Bertz CT molecular complexity index is 1000. The first-order chi connectivity index (χ1) is 15.3. The van der Waals surface area contributed by atoms with Gasteiger partial charge in [-0.2, -0.15) is 0 Å². The Kier molecular flexibility index (Phi) is 9.09. The highest BCUT2D eigenvalue weighted by Gasteiger charge is 2.21. The summed E-state index contributed by atoms with van der Waals surface area (Å²) in [6.07, 6.45) is 1.36. The van der Waals surface area contributed by atoms with Gasteiger partial charge in [-0.3, -0.25) is 24.5 Å². The molecule has 0 aliphatic heterocycles. The molecule has 168 valence electrons. The number of nitro groups is 1. The Morgan fingerprint density at radius 1 is 1.12 bits per heavy atom. The second kappa shape index (κ2) is 12.0. The summed E-state index contributed by atoms with van der Waals surface area (Å²) in [7, 11) is 0. The van der Waals surface area contributed by atoms with E-state index in [4.69, 9.17) is 4.74 Å². The van der Waals surface area contributed by atoms with Gasteiger partial charge in [0.05, 0.1) is 18.0 Å². The minimum absolute atomic E-state index is 0.0173. The lowest BCUT2D eigenvalue weighted by Crippen LogP contribution is -2.38. The molecule has 0 saturated heterocycles. The maximum absolute atomic E-state index is 13.3. The molecule has 2 amide bonds. The highest BCUT2D eigenvalue weighted by atomic mass is 16.6. The number of nitrogens with one attached hydrogen (secondary N) is 1. The summed E-state index contributed by atoms with van der Waals surface area (Å²) in [5.74, 6) is -1.44. The number of amides is 2. The SMILES string of the molecule is CCOC(=O)CCN(Cc1ccccc1)C(=O)/C(=C/c1cccc([N+](=O)[O-])c1)NC(C)=O. The average molecular weight is 439 g/mol. The van der Waals surface area contributed by atoms with Crippen LogP contribution in [0.25, 0.3) is 6.08 Å². The predicted molar refractivity (Wildman–Crippen MR) is 118 cm³/mol. The molecular formula is C23H25N3O6. The number of rotatable bonds is 10. The molecule has 0 unspecified atom stereocenters. The largest absolute Gasteiger partial charge is 0.466 e. The summed E-state index contributed by atoms with van der Waals surface area (Å²) >= 11 is 0. The van der Waals surface area contributed by atoms with E-state index >= 15 is 0 Å². The van der Waals surface area contributed by atoms with E-state index in [2.05, 4.69) is 5.32 Å². The maximum atomic E-state index is 13.3. The predicted octanol–water partition coefficient (Wildman–Crippen LogP) is 3.05. The van der Waals surface area contributed by atoms with E-state index in [-0.39, 0.29) is 37.5 Å². The van der Waals surface area contributed by atoms with Crippen molar-refractivity contribution in [3.05, 3.63) is 81.5 Å². The van der Waals surface area contributed by atoms with Crippen LogP contribution in [0.3, 0.4) is 0 Å². The molecule has 0 spiro atoms. The molecule has 1 N–H and O–H groups in total. The molecule has 0 heterocycles. The summed E-state index contributed by atoms with van der Waals surface area (Å²) < 4.78 is 4.95. The van der Waals surface area contributed by atoms with Crippen molar-refractivity contribution in [2.75, 3.05) is 13.2 Å². The van der Waals surface area contributed by atoms with E-state index in [0.29, 0.717) is 5.56 Å². The van der Waals surface area contributed by atoms with Crippen LogP contribution in [0, 0.1) is 10.1 Å². The topological polar surface area (TPSA) is 119 Å². The molecule has 0 aliphatic carbocycles. The number of nitro benzene ring substituents is 1. The molecule has 0 fully saturated rings. The van der Waals surface area contributed by atoms with Crippen LogP contribution < -0.4 is 5.32 Å². The first-order valence-electron chi connectivity index (χ1n) is 10.0. The quantitative estimate of drug-likeness (QED) is 0.263. The van der Waals surface area contributed by atoms with Gasteiger partial charge in [0.15, 0.2) is 0 Å². The molecule has 0 atom stereocenters. The smallest absolute Gasteiger partial charge is 0.307 e. The first-order valence-corrected chi connectivity index (χ1v) is 10.0. The molecular weight excluding hydrogens is 414 g/mol. The van der Waals surface area contributed by atoms with E-state index in [1.807, 2.05) is 30.3 Å². The third kappa shape index (κ3) is 7.67. The van der Waals surface area contributed by atoms with Crippen LogP contribution in [0.15, 0.2) is 60.3 Å². The number of benzene rings is 2. The monoisotopic (exact) mass is 439 g/mol. The minimum atomic E-state index is -0.543. The Labute approximate surface area is 185 Å². The van der Waals surface area contributed by atoms with Gasteiger partial charge in [0.1, 0.15) is 5.70 Å². The number of hydrogen-bond acceptors (Lipinski definition) is 6. The zero-order valence-electron chi connectivity index (χ0n) is 17.9. The molecule has 9 nitrogen and oxygen atoms in total. The fourth-order valence-corrected chi connectivity index (χ4v) is 2.92. The number of hydrogen-bond donors (Lipinski definition) is 1. The third-order valence-electron chi connectivity index (χ3n) is 4.33. The van der Waals surface area contributed by atoms with Gasteiger partial charge in [-0.05, 0) is 24.1 Å². The van der Waals surface area contributed by atoms with Crippen LogP contribution in [0.2, 0.25) is 0 Å². The second-order valence-electron chi connectivity index (χ2n) is 6.86. The number of non-ortho nitro benzene ring substituents is 1. The van der Waals surface area contributed by atoms with Crippen molar-refractivity contribution >= 4 is 29.5 Å². The van der Waals surface area contributed by atoms with Crippen LogP contribution in [-0.2, 0) is 25.7 Å². The van der Waals surface area contributed by atoms with Crippen LogP contribution >= 0.6 is 0 Å². The van der Waals surface area contributed by atoms with Gasteiger partial charge in [0.25, 0.3) is 11.6 Å². The molecule has 2 aromatic rings. The molecule has 0 bridgehead atoms. The molecule has 32 heavy (non-hydrogen) atoms. The Morgan fingerprint density at radius 2 is 1.84 bits per heavy atom. The Balaban J connectivity index is 2.36. The van der Waals surface area contributed by atoms with Gasteiger partial charge in [0, 0.05) is 32.1 Å². The van der Waals surface area contributed by atoms with Gasteiger partial charge in [-0.15, -0.1) is 0 Å². The van der Waals surface area contributed by atoms with Crippen LogP contribution in [0.4, 0.5) is 5.69 Å². The zero-order chi connectivity index (χ0) is 23.5. The summed E-state index contributed by atoms with van der Waals surface area (Å²) in [6, 6.07) is 14.9. The highest BCUT2D eigenvalue weighted by molar-refractivity contribution is 6.01. The van der Waals surface area contributed by atoms with Gasteiger partial charge < -0.3 is 15.0 Å². The molecule has 2 aromatic carbocycles. The molecule has 0 radical (unpaired) electrons. The van der Waals surface area contributed by atoms with Crippen LogP contribution in [0.5, 0.6) is 0 Å². The van der Waals surface area contributed by atoms with E-state index < -0.39 is 22.7 Å². The van der Waals surface area contributed by atoms with Gasteiger partial charge in [-0.1, -0.05) is 42.5 Å². The number of esters is 1. The lowest BCUT2D eigenvalue weighted by Gasteiger charge is -2.24. The lowest BCUT2D eigenvalue weighted by atomic mass is 10.1. The van der Waals surface area contributed by atoms with Crippen molar-refractivity contribution in [3.8, 4) is 0 Å². The van der Waals surface area contributed by atoms with Crippen molar-refractivity contribution < 1.29 is 24.0 Å². The molecule has 0 aromatic heterocycles. The standard InChI is InChI=1S/C23H25N3O6/c1-3-32-22(28)12-13-25(16-18-8-5-4-6-9-18)23(29)21(24-17(2)27)15-19-10-7-11-20(14-19)26(30)31/h4-11,14-15H,3,12-13,16H2,1-2H3,(H,24,27)/b21-15-. The molecule has 0 aliphatic rings. The van der Waals surface area contributed by atoms with Crippen molar-refractivity contribution in [3.63, 3.8) is 0 Å². The number of carbonyl (C=O) groups excluding carboxylic acids is 3. The van der Waals surface area contributed by atoms with E-state index in [1.54, 1.807) is 13.0 Å². The van der Waals surface area contributed by atoms with E-state index in [0.717, 1.165) is 5.56 Å². The van der Waals surface area contributed by atoms with Crippen molar-refractivity contribution in [1.82, 2.24) is 10.2 Å².